The second-order valence-electron chi connectivity index (χ2n) is 7.38. The minimum absolute atomic E-state index is 0.0184. The van der Waals surface area contributed by atoms with Gasteiger partial charge in [0.2, 0.25) is 5.91 Å². The summed E-state index contributed by atoms with van der Waals surface area (Å²) in [5, 5.41) is 24.0. The number of fused-ring (bicyclic) bond motifs is 2. The molecule has 1 aliphatic carbocycles. The first-order valence-electron chi connectivity index (χ1n) is 8.93. The summed E-state index contributed by atoms with van der Waals surface area (Å²) < 4.78 is 0. The third-order valence-corrected chi connectivity index (χ3v) is 5.65. The van der Waals surface area contributed by atoms with Crippen LogP contribution in [0, 0.1) is 11.8 Å². The van der Waals surface area contributed by atoms with Gasteiger partial charge in [0.1, 0.15) is 11.9 Å². The number of carbonyl (C=O) groups excluding carboxylic acids is 2. The highest BCUT2D eigenvalue weighted by molar-refractivity contribution is 6.00. The van der Waals surface area contributed by atoms with Crippen molar-refractivity contribution < 1.29 is 19.8 Å². The number of aliphatic hydroxyl groups is 1. The van der Waals surface area contributed by atoms with Gasteiger partial charge in [-0.05, 0) is 36.8 Å². The van der Waals surface area contributed by atoms with E-state index in [0.29, 0.717) is 24.6 Å². The lowest BCUT2D eigenvalue weighted by molar-refractivity contribution is -0.130. The summed E-state index contributed by atoms with van der Waals surface area (Å²) in [5.74, 6) is 0.262. The third kappa shape index (κ3) is 2.80. The molecule has 0 aromatic heterocycles. The van der Waals surface area contributed by atoms with Gasteiger partial charge >= 0.3 is 0 Å². The highest BCUT2D eigenvalue weighted by Gasteiger charge is 2.49. The minimum atomic E-state index is -1.02. The zero-order valence-corrected chi connectivity index (χ0v) is 14.6. The first-order chi connectivity index (χ1) is 12.4. The fraction of sp³-hybridized carbons (Fsp3) is 0.400. The molecule has 2 amide bonds. The molecule has 0 bridgehead atoms. The average molecular weight is 354 g/mol. The monoisotopic (exact) mass is 354 g/mol. The van der Waals surface area contributed by atoms with Crippen LogP contribution in [0.1, 0.15) is 23.7 Å². The van der Waals surface area contributed by atoms with Crippen molar-refractivity contribution in [1.82, 2.24) is 10.2 Å². The Morgan fingerprint density at radius 1 is 1.23 bits per heavy atom. The number of likely N-dealkylation sites (tertiary alicyclic amines) is 1. The Morgan fingerprint density at radius 3 is 2.77 bits per heavy atom. The van der Waals surface area contributed by atoms with E-state index in [0.717, 1.165) is 17.2 Å². The van der Waals surface area contributed by atoms with E-state index >= 15 is 0 Å². The van der Waals surface area contributed by atoms with Gasteiger partial charge in [-0.15, -0.1) is 0 Å². The fourth-order valence-corrected chi connectivity index (χ4v) is 4.14. The SMILES string of the molecule is CC(O)C(=O)NC1CC2CN(C(=O)c3cc(O)c4ccccc4c3)CC21. The molecule has 0 radical (unpaired) electrons. The van der Waals surface area contributed by atoms with Gasteiger partial charge in [0.05, 0.1) is 0 Å². The van der Waals surface area contributed by atoms with Crippen LogP contribution in [0.2, 0.25) is 0 Å². The molecular formula is C20H22N2O4. The molecular weight excluding hydrogens is 332 g/mol. The first kappa shape index (κ1) is 16.8. The Morgan fingerprint density at radius 2 is 2.00 bits per heavy atom. The highest BCUT2D eigenvalue weighted by atomic mass is 16.3. The normalized spacial score (nSPS) is 25.5. The van der Waals surface area contributed by atoms with Crippen molar-refractivity contribution in [1.29, 1.82) is 0 Å². The first-order valence-corrected chi connectivity index (χ1v) is 8.93. The van der Waals surface area contributed by atoms with Crippen LogP contribution < -0.4 is 5.32 Å². The number of aliphatic hydroxyl groups excluding tert-OH is 1. The Kier molecular flexibility index (Phi) is 4.07. The van der Waals surface area contributed by atoms with Crippen molar-refractivity contribution in [3.63, 3.8) is 0 Å². The lowest BCUT2D eigenvalue weighted by Crippen LogP contribution is -2.53. The molecule has 1 saturated heterocycles. The standard InChI is InChI=1S/C20H22N2O4/c1-11(23)19(25)21-17-7-14-9-22(10-16(14)17)20(26)13-6-12-4-2-3-5-15(12)18(24)8-13/h2-6,8,11,14,16-17,23-24H,7,9-10H2,1H3,(H,21,25). The van der Waals surface area contributed by atoms with Crippen LogP contribution in [-0.2, 0) is 4.79 Å². The van der Waals surface area contributed by atoms with Crippen molar-refractivity contribution >= 4 is 22.6 Å². The number of phenols is 1. The summed E-state index contributed by atoms with van der Waals surface area (Å²) in [6.07, 6.45) is -0.190. The number of benzene rings is 2. The molecule has 2 fully saturated rings. The molecule has 2 aromatic carbocycles. The van der Waals surface area contributed by atoms with Crippen LogP contribution in [0.5, 0.6) is 5.75 Å². The number of hydrogen-bond acceptors (Lipinski definition) is 4. The second kappa shape index (κ2) is 6.29. The lowest BCUT2D eigenvalue weighted by Gasteiger charge is -2.39. The molecule has 1 heterocycles. The van der Waals surface area contributed by atoms with E-state index in [1.807, 2.05) is 30.3 Å². The van der Waals surface area contributed by atoms with Gasteiger partial charge in [0.25, 0.3) is 5.91 Å². The van der Waals surface area contributed by atoms with Crippen molar-refractivity contribution in [2.75, 3.05) is 13.1 Å². The van der Waals surface area contributed by atoms with Gasteiger partial charge in [0, 0.05) is 36.0 Å². The molecule has 2 aromatic rings. The molecule has 4 atom stereocenters. The van der Waals surface area contributed by atoms with E-state index in [1.54, 1.807) is 4.90 Å². The number of carbonyl (C=O) groups is 2. The lowest BCUT2D eigenvalue weighted by atomic mass is 9.71. The fourth-order valence-electron chi connectivity index (χ4n) is 4.14. The molecule has 6 heteroatoms. The Hall–Kier alpha value is -2.60. The topological polar surface area (TPSA) is 89.9 Å². The number of phenolic OH excluding ortho intramolecular Hbond substituents is 1. The third-order valence-electron chi connectivity index (χ3n) is 5.65. The minimum Gasteiger partial charge on any atom is -0.507 e. The predicted molar refractivity (Wildman–Crippen MR) is 96.7 cm³/mol. The maximum atomic E-state index is 12.9. The number of rotatable bonds is 3. The van der Waals surface area contributed by atoms with Gasteiger partial charge in [0.15, 0.2) is 0 Å². The van der Waals surface area contributed by atoms with Crippen LogP contribution >= 0.6 is 0 Å². The van der Waals surface area contributed by atoms with Crippen molar-refractivity contribution in [3.8, 4) is 5.75 Å². The number of hydrogen-bond donors (Lipinski definition) is 3. The molecule has 2 aliphatic rings. The Labute approximate surface area is 151 Å². The van der Waals surface area contributed by atoms with E-state index < -0.39 is 6.10 Å². The number of nitrogens with zero attached hydrogens (tertiary/aromatic N) is 1. The summed E-state index contributed by atoms with van der Waals surface area (Å²) in [6, 6.07) is 10.8. The maximum absolute atomic E-state index is 12.9. The van der Waals surface area contributed by atoms with E-state index in [9.17, 15) is 19.8 Å². The maximum Gasteiger partial charge on any atom is 0.254 e. The van der Waals surface area contributed by atoms with Crippen LogP contribution in [-0.4, -0.2) is 52.2 Å². The van der Waals surface area contributed by atoms with Crippen LogP contribution in [0.25, 0.3) is 10.8 Å². The van der Waals surface area contributed by atoms with Gasteiger partial charge in [-0.1, -0.05) is 24.3 Å². The van der Waals surface area contributed by atoms with Crippen LogP contribution in [0.3, 0.4) is 0 Å². The van der Waals surface area contributed by atoms with Gasteiger partial charge in [-0.25, -0.2) is 0 Å². The van der Waals surface area contributed by atoms with E-state index in [4.69, 9.17) is 0 Å². The summed E-state index contributed by atoms with van der Waals surface area (Å²) in [5.41, 5.74) is 0.479. The summed E-state index contributed by atoms with van der Waals surface area (Å²) in [6.45, 7) is 2.70. The molecule has 136 valence electrons. The molecule has 6 nitrogen and oxygen atoms in total. The summed E-state index contributed by atoms with van der Waals surface area (Å²) in [7, 11) is 0. The van der Waals surface area contributed by atoms with Gasteiger partial charge < -0.3 is 20.4 Å². The Balaban J connectivity index is 1.48. The van der Waals surface area contributed by atoms with Gasteiger partial charge in [-0.2, -0.15) is 0 Å². The average Bonchev–Trinajstić information content (AvgIpc) is 2.95. The Bertz CT molecular complexity index is 879. The van der Waals surface area contributed by atoms with Crippen LogP contribution in [0.4, 0.5) is 0 Å². The molecule has 0 spiro atoms. The molecule has 26 heavy (non-hydrogen) atoms. The van der Waals surface area contributed by atoms with Crippen molar-refractivity contribution in [3.05, 3.63) is 42.0 Å². The molecule has 1 aliphatic heterocycles. The van der Waals surface area contributed by atoms with E-state index in [1.165, 1.54) is 13.0 Å². The second-order valence-corrected chi connectivity index (χ2v) is 7.38. The number of nitrogens with one attached hydrogen (secondary N) is 1. The zero-order chi connectivity index (χ0) is 18.4. The predicted octanol–water partition coefficient (Wildman–Crippen LogP) is 1.50. The zero-order valence-electron chi connectivity index (χ0n) is 14.6. The molecule has 4 unspecified atom stereocenters. The largest absolute Gasteiger partial charge is 0.507 e. The highest BCUT2D eigenvalue weighted by Crippen LogP contribution is 2.41. The molecule has 4 rings (SSSR count). The smallest absolute Gasteiger partial charge is 0.254 e. The quantitative estimate of drug-likeness (QED) is 0.779. The molecule has 3 N–H and O–H groups in total. The van der Waals surface area contributed by atoms with E-state index in [-0.39, 0.29) is 29.5 Å². The van der Waals surface area contributed by atoms with Gasteiger partial charge in [-0.3, -0.25) is 9.59 Å². The van der Waals surface area contributed by atoms with Crippen molar-refractivity contribution in [2.45, 2.75) is 25.5 Å². The van der Waals surface area contributed by atoms with Crippen molar-refractivity contribution in [2.24, 2.45) is 11.8 Å². The number of aromatic hydroxyl groups is 1. The summed E-state index contributed by atoms with van der Waals surface area (Å²) in [4.78, 5) is 26.3. The molecule has 1 saturated carbocycles. The number of amides is 2. The van der Waals surface area contributed by atoms with E-state index in [2.05, 4.69) is 5.32 Å². The summed E-state index contributed by atoms with van der Waals surface area (Å²) >= 11 is 0. The van der Waals surface area contributed by atoms with Crippen LogP contribution in [0.15, 0.2) is 36.4 Å².